The molecule has 0 aliphatic heterocycles. The molecule has 0 heterocycles. The third kappa shape index (κ3) is 5.63. The van der Waals surface area contributed by atoms with Crippen molar-refractivity contribution < 1.29 is 5.11 Å². The zero-order chi connectivity index (χ0) is 27.8. The third-order valence-electron chi connectivity index (χ3n) is 8.03. The van der Waals surface area contributed by atoms with Gasteiger partial charge in [0.15, 0.2) is 0 Å². The lowest BCUT2D eigenvalue weighted by molar-refractivity contribution is 0.467. The molecule has 0 atom stereocenters. The molecule has 0 saturated heterocycles. The number of hydrogen-bond acceptors (Lipinski definition) is 1. The minimum atomic E-state index is -0.707. The Balaban J connectivity index is 1.47. The van der Waals surface area contributed by atoms with Gasteiger partial charge in [0.05, 0.1) is 0 Å². The molecule has 0 unspecified atom stereocenters. The van der Waals surface area contributed by atoms with Crippen LogP contribution < -0.4 is 15.9 Å². The highest BCUT2D eigenvalue weighted by Gasteiger charge is 2.20. The van der Waals surface area contributed by atoms with Crippen molar-refractivity contribution in [2.45, 2.75) is 53.4 Å². The van der Waals surface area contributed by atoms with Crippen LogP contribution in [0, 0.1) is 27.7 Å². The van der Waals surface area contributed by atoms with Crippen molar-refractivity contribution in [2.24, 2.45) is 0 Å². The van der Waals surface area contributed by atoms with E-state index in [0.29, 0.717) is 5.75 Å². The Morgan fingerprint density at radius 2 is 1.05 bits per heavy atom. The van der Waals surface area contributed by atoms with E-state index in [9.17, 15) is 5.11 Å². The zero-order valence-electron chi connectivity index (χ0n) is 24.0. The van der Waals surface area contributed by atoms with E-state index in [0.717, 1.165) is 31.2 Å². The fourth-order valence-electron chi connectivity index (χ4n) is 6.22. The molecular formula is C38H37OP. The molecular weight excluding hydrogens is 503 g/mol. The van der Waals surface area contributed by atoms with Gasteiger partial charge in [0.2, 0.25) is 0 Å². The van der Waals surface area contributed by atoms with Crippen molar-refractivity contribution in [1.29, 1.82) is 0 Å². The fourth-order valence-corrected chi connectivity index (χ4v) is 8.95. The summed E-state index contributed by atoms with van der Waals surface area (Å²) in [6, 6.07) is 36.7. The maximum Gasteiger partial charge on any atom is 0.119 e. The molecule has 5 aromatic carbocycles. The van der Waals surface area contributed by atoms with Gasteiger partial charge in [-0.15, -0.1) is 0 Å². The predicted molar refractivity (Wildman–Crippen MR) is 172 cm³/mol. The lowest BCUT2D eigenvalue weighted by Crippen LogP contribution is -2.22. The summed E-state index contributed by atoms with van der Waals surface area (Å²) >= 11 is 0. The Labute approximate surface area is 240 Å². The van der Waals surface area contributed by atoms with Gasteiger partial charge in [-0.25, -0.2) is 0 Å². The van der Waals surface area contributed by atoms with E-state index in [1.54, 1.807) is 0 Å². The van der Waals surface area contributed by atoms with Crippen LogP contribution in [-0.4, -0.2) is 5.11 Å². The van der Waals surface area contributed by atoms with Crippen molar-refractivity contribution >= 4 is 23.8 Å². The average Bonchev–Trinajstić information content (AvgIpc) is 2.90. The first-order valence-corrected chi connectivity index (χ1v) is 15.7. The predicted octanol–water partition coefficient (Wildman–Crippen LogP) is 7.93. The molecule has 2 heteroatoms. The van der Waals surface area contributed by atoms with Gasteiger partial charge >= 0.3 is 0 Å². The Bertz CT molecular complexity index is 1620. The molecule has 0 radical (unpaired) electrons. The van der Waals surface area contributed by atoms with Crippen LogP contribution >= 0.6 is 7.92 Å². The molecule has 1 N–H and O–H groups in total. The second-order valence-electron chi connectivity index (χ2n) is 11.5. The Morgan fingerprint density at radius 3 is 1.65 bits per heavy atom. The minimum absolute atomic E-state index is 0.437. The molecule has 0 amide bonds. The first kappa shape index (κ1) is 26.5. The quantitative estimate of drug-likeness (QED) is 0.230. The highest BCUT2D eigenvalue weighted by atomic mass is 31.1. The van der Waals surface area contributed by atoms with Crippen LogP contribution in [0.25, 0.3) is 11.1 Å². The van der Waals surface area contributed by atoms with E-state index in [4.69, 9.17) is 0 Å². The van der Waals surface area contributed by atoms with Gasteiger partial charge in [-0.05, 0) is 123 Å². The number of phenols is 1. The highest BCUT2D eigenvalue weighted by molar-refractivity contribution is 7.79. The number of phenolic OH excluding ortho intramolecular Hbond substituents is 1. The number of benzene rings is 5. The monoisotopic (exact) mass is 540 g/mol. The second kappa shape index (κ2) is 11.1. The van der Waals surface area contributed by atoms with E-state index >= 15 is 0 Å². The normalized spacial score (nSPS) is 12.9. The summed E-state index contributed by atoms with van der Waals surface area (Å²) in [7, 11) is -0.707. The first-order chi connectivity index (χ1) is 19.3. The summed E-state index contributed by atoms with van der Waals surface area (Å²) in [6.45, 7) is 8.84. The Kier molecular flexibility index (Phi) is 7.35. The first-order valence-electron chi connectivity index (χ1n) is 14.3. The van der Waals surface area contributed by atoms with Gasteiger partial charge in [-0.1, -0.05) is 107 Å². The molecule has 0 aromatic heterocycles. The van der Waals surface area contributed by atoms with Gasteiger partial charge in [-0.3, -0.25) is 0 Å². The second-order valence-corrected chi connectivity index (χ2v) is 13.8. The average molecular weight is 541 g/mol. The maximum absolute atomic E-state index is 10.5. The lowest BCUT2D eigenvalue weighted by Gasteiger charge is -2.23. The molecule has 0 spiro atoms. The van der Waals surface area contributed by atoms with Crippen LogP contribution in [0.4, 0.5) is 0 Å². The molecule has 0 fully saturated rings. The van der Waals surface area contributed by atoms with Crippen LogP contribution in [0.3, 0.4) is 0 Å². The Hall–Kier alpha value is -3.67. The number of aryl methyl sites for hydroxylation is 8. The summed E-state index contributed by atoms with van der Waals surface area (Å²) in [5.74, 6) is 0.437. The number of hydrogen-bond donors (Lipinski definition) is 1. The third-order valence-corrected chi connectivity index (χ3v) is 10.4. The van der Waals surface area contributed by atoms with Gasteiger partial charge in [-0.2, -0.15) is 0 Å². The maximum atomic E-state index is 10.5. The van der Waals surface area contributed by atoms with Gasteiger partial charge in [0.25, 0.3) is 0 Å². The van der Waals surface area contributed by atoms with E-state index < -0.39 is 7.92 Å². The summed E-state index contributed by atoms with van der Waals surface area (Å²) in [4.78, 5) is 0. The topological polar surface area (TPSA) is 20.2 Å². The Morgan fingerprint density at radius 1 is 0.500 bits per heavy atom. The zero-order valence-corrected chi connectivity index (χ0v) is 24.9. The van der Waals surface area contributed by atoms with Crippen LogP contribution in [0.5, 0.6) is 5.75 Å². The van der Waals surface area contributed by atoms with Crippen LogP contribution in [0.15, 0.2) is 97.1 Å². The van der Waals surface area contributed by atoms with E-state index in [-0.39, 0.29) is 0 Å². The summed E-state index contributed by atoms with van der Waals surface area (Å²) < 4.78 is 0. The number of rotatable bonds is 4. The SMILES string of the molecule is Cc1cc(C)cc(P(c2cc(C)cc(C)c2)c2cccc(-c3cc4ccc3CCc3ccc(c(O)c3)CC4)c2)c1. The lowest BCUT2D eigenvalue weighted by atomic mass is 9.90. The van der Waals surface area contributed by atoms with Crippen LogP contribution in [0.2, 0.25) is 0 Å². The van der Waals surface area contributed by atoms with Crippen molar-refractivity contribution in [2.75, 3.05) is 0 Å². The van der Waals surface area contributed by atoms with E-state index in [1.807, 2.05) is 6.07 Å². The van der Waals surface area contributed by atoms with Crippen LogP contribution in [0.1, 0.15) is 44.5 Å². The summed E-state index contributed by atoms with van der Waals surface area (Å²) in [5.41, 5.74) is 12.8. The molecule has 200 valence electrons. The van der Waals surface area contributed by atoms with Gasteiger partial charge in [0, 0.05) is 0 Å². The molecule has 0 saturated carbocycles. The smallest absolute Gasteiger partial charge is 0.119 e. The van der Waals surface area contributed by atoms with Crippen LogP contribution in [-0.2, 0) is 25.7 Å². The molecule has 4 bridgehead atoms. The largest absolute Gasteiger partial charge is 0.508 e. The molecule has 40 heavy (non-hydrogen) atoms. The highest BCUT2D eigenvalue weighted by Crippen LogP contribution is 2.37. The molecule has 4 aliphatic rings. The molecule has 1 nitrogen and oxygen atoms in total. The van der Waals surface area contributed by atoms with E-state index in [2.05, 4.69) is 119 Å². The van der Waals surface area contributed by atoms with E-state index in [1.165, 1.54) is 66.0 Å². The number of aromatic hydroxyl groups is 1. The van der Waals surface area contributed by atoms with Crippen molar-refractivity contribution in [3.63, 3.8) is 0 Å². The van der Waals surface area contributed by atoms with Gasteiger partial charge in [0.1, 0.15) is 5.75 Å². The molecule has 9 rings (SSSR count). The summed E-state index contributed by atoms with van der Waals surface area (Å²) in [6.07, 6.45) is 3.62. The van der Waals surface area contributed by atoms with Crippen molar-refractivity contribution in [3.05, 3.63) is 142 Å². The molecule has 5 aromatic rings. The fraction of sp³-hybridized carbons (Fsp3) is 0.211. The standard InChI is InChI=1S/C38H37OP/c1-25-16-26(2)19-35(18-25)40(36-20-27(3)17-28(4)21-36)34-7-5-6-33(24-34)37-22-29-8-12-31(37)13-9-30-11-15-32(14-10-29)38(39)23-30/h5-8,11-12,15-24,39H,9-10,13-14H2,1-4H3. The minimum Gasteiger partial charge on any atom is -0.508 e. The van der Waals surface area contributed by atoms with Gasteiger partial charge < -0.3 is 5.11 Å². The van der Waals surface area contributed by atoms with Crippen molar-refractivity contribution in [1.82, 2.24) is 0 Å². The van der Waals surface area contributed by atoms with Crippen molar-refractivity contribution in [3.8, 4) is 16.9 Å². The summed E-state index contributed by atoms with van der Waals surface area (Å²) in [5, 5.41) is 14.7. The molecule has 4 aliphatic carbocycles.